The Balaban J connectivity index is 1.40. The van der Waals surface area contributed by atoms with Gasteiger partial charge >= 0.3 is 6.18 Å². The molecule has 0 saturated carbocycles. The van der Waals surface area contributed by atoms with E-state index in [4.69, 9.17) is 9.97 Å². The Bertz CT molecular complexity index is 2060. The normalized spacial score (nSPS) is 16.9. The molecule has 0 radical (unpaired) electrons. The van der Waals surface area contributed by atoms with Crippen molar-refractivity contribution in [3.63, 3.8) is 0 Å². The number of alkyl halides is 3. The molecular formula is C30H22F3N9. The molecule has 7 rings (SSSR count). The van der Waals surface area contributed by atoms with E-state index in [9.17, 15) is 18.4 Å². The number of halogens is 3. The maximum Gasteiger partial charge on any atom is 0.393 e. The first kappa shape index (κ1) is 25.6. The highest BCUT2D eigenvalue weighted by atomic mass is 19.4. The molecule has 0 N–H and O–H groups in total. The van der Waals surface area contributed by atoms with E-state index < -0.39 is 18.1 Å². The maximum atomic E-state index is 13.6. The number of aromatic nitrogens is 8. The number of aryl methyl sites for hydroxylation is 1. The molecule has 208 valence electrons. The minimum atomic E-state index is -4.40. The highest BCUT2D eigenvalue weighted by Gasteiger charge is 2.43. The summed E-state index contributed by atoms with van der Waals surface area (Å²) in [5.74, 6) is 0.568. The largest absolute Gasteiger partial charge is 0.393 e. The fourth-order valence-electron chi connectivity index (χ4n) is 5.67. The van der Waals surface area contributed by atoms with E-state index >= 15 is 0 Å². The summed E-state index contributed by atoms with van der Waals surface area (Å²) in [5, 5.41) is 19.6. The van der Waals surface area contributed by atoms with Gasteiger partial charge in [-0.2, -0.15) is 28.6 Å². The molecular weight excluding hydrogens is 543 g/mol. The lowest BCUT2D eigenvalue weighted by molar-refractivity contribution is -0.123. The van der Waals surface area contributed by atoms with E-state index in [2.05, 4.69) is 21.3 Å². The number of pyridine rings is 1. The first-order chi connectivity index (χ1) is 20.2. The number of hydrogen-bond donors (Lipinski definition) is 0. The van der Waals surface area contributed by atoms with Crippen molar-refractivity contribution in [1.82, 2.24) is 38.9 Å². The van der Waals surface area contributed by atoms with E-state index in [1.165, 1.54) is 0 Å². The standard InChI is InChI=1S/C30H22F3N9/c1-40-17-21(15-36-40)25-13-26-35-10-11-41(26)28(39-25)22-16-37-42(18-22)29(8-9-34)7-6-20(14-30(31,32)33)23-12-19-4-2-3-5-24(19)38-27(23)29/h2-6,10-13,15-18H,7-8,14H2,1H3. The summed E-state index contributed by atoms with van der Waals surface area (Å²) in [5.41, 5.74) is 3.22. The summed E-state index contributed by atoms with van der Waals surface area (Å²) in [6.45, 7) is 0. The van der Waals surface area contributed by atoms with E-state index in [0.717, 1.165) is 10.9 Å². The van der Waals surface area contributed by atoms with Crippen molar-refractivity contribution in [2.75, 3.05) is 0 Å². The summed E-state index contributed by atoms with van der Waals surface area (Å²) < 4.78 is 46.0. The number of hydrogen-bond acceptors (Lipinski definition) is 6. The zero-order valence-electron chi connectivity index (χ0n) is 22.3. The molecule has 42 heavy (non-hydrogen) atoms. The lowest BCUT2D eigenvalue weighted by atomic mass is 9.77. The Hall–Kier alpha value is -5.31. The van der Waals surface area contributed by atoms with Crippen LogP contribution in [0.2, 0.25) is 0 Å². The molecule has 12 heteroatoms. The number of nitrogens with zero attached hydrogens (tertiary/aromatic N) is 9. The molecule has 0 aliphatic heterocycles. The van der Waals surface area contributed by atoms with Gasteiger partial charge in [0.05, 0.1) is 53.8 Å². The molecule has 1 atom stereocenters. The number of nitriles is 1. The van der Waals surface area contributed by atoms with Gasteiger partial charge in [-0.05, 0) is 24.1 Å². The second-order valence-corrected chi connectivity index (χ2v) is 10.4. The topological polar surface area (TPSA) is 103 Å². The molecule has 1 aliphatic carbocycles. The minimum Gasteiger partial charge on any atom is -0.284 e. The molecule has 5 aromatic heterocycles. The maximum absolute atomic E-state index is 13.6. The van der Waals surface area contributed by atoms with Gasteiger partial charge in [-0.1, -0.05) is 24.3 Å². The number of rotatable bonds is 5. The van der Waals surface area contributed by atoms with Gasteiger partial charge in [0.2, 0.25) is 0 Å². The minimum absolute atomic E-state index is 0.0497. The van der Waals surface area contributed by atoms with Gasteiger partial charge in [0.15, 0.2) is 0 Å². The van der Waals surface area contributed by atoms with Crippen LogP contribution < -0.4 is 0 Å². The number of fused-ring (bicyclic) bond motifs is 3. The van der Waals surface area contributed by atoms with Crippen LogP contribution in [-0.2, 0) is 12.6 Å². The van der Waals surface area contributed by atoms with Crippen molar-refractivity contribution in [2.45, 2.75) is 31.0 Å². The predicted octanol–water partition coefficient (Wildman–Crippen LogP) is 5.94. The smallest absolute Gasteiger partial charge is 0.284 e. The van der Waals surface area contributed by atoms with Gasteiger partial charge in [-0.3, -0.25) is 13.8 Å². The van der Waals surface area contributed by atoms with E-state index in [1.54, 1.807) is 52.5 Å². The third-order valence-corrected chi connectivity index (χ3v) is 7.63. The Morgan fingerprint density at radius 1 is 1.05 bits per heavy atom. The Morgan fingerprint density at radius 3 is 2.67 bits per heavy atom. The summed E-state index contributed by atoms with van der Waals surface area (Å²) in [7, 11) is 1.82. The van der Waals surface area contributed by atoms with Gasteiger partial charge in [0.1, 0.15) is 17.0 Å². The lowest BCUT2D eigenvalue weighted by Gasteiger charge is -2.36. The molecule has 0 bridgehead atoms. The molecule has 6 aromatic rings. The second-order valence-electron chi connectivity index (χ2n) is 10.4. The molecule has 0 spiro atoms. The summed E-state index contributed by atoms with van der Waals surface area (Å²) in [6, 6.07) is 13.1. The van der Waals surface area contributed by atoms with Gasteiger partial charge in [-0.15, -0.1) is 0 Å². The van der Waals surface area contributed by atoms with Crippen LogP contribution in [-0.4, -0.2) is 45.1 Å². The van der Waals surface area contributed by atoms with Crippen molar-refractivity contribution < 1.29 is 13.2 Å². The van der Waals surface area contributed by atoms with Crippen molar-refractivity contribution in [2.24, 2.45) is 7.05 Å². The second kappa shape index (κ2) is 9.37. The van der Waals surface area contributed by atoms with Crippen LogP contribution in [0.15, 0.2) is 79.7 Å². The van der Waals surface area contributed by atoms with E-state index in [0.29, 0.717) is 39.5 Å². The molecule has 5 heterocycles. The van der Waals surface area contributed by atoms with E-state index in [-0.39, 0.29) is 18.4 Å². The molecule has 0 amide bonds. The quantitative estimate of drug-likeness (QED) is 0.256. The van der Waals surface area contributed by atoms with Crippen LogP contribution >= 0.6 is 0 Å². The number of allylic oxidation sites excluding steroid dienone is 2. The van der Waals surface area contributed by atoms with Gasteiger partial charge in [0, 0.05) is 54.4 Å². The van der Waals surface area contributed by atoms with Crippen LogP contribution in [0.3, 0.4) is 0 Å². The fraction of sp³-hybridized carbons (Fsp3) is 0.200. The fourth-order valence-corrected chi connectivity index (χ4v) is 5.67. The van der Waals surface area contributed by atoms with Crippen LogP contribution in [0.25, 0.3) is 44.8 Å². The van der Waals surface area contributed by atoms with Gasteiger partial charge < -0.3 is 0 Å². The Labute approximate surface area is 237 Å². The van der Waals surface area contributed by atoms with Crippen LogP contribution in [0.5, 0.6) is 0 Å². The third-order valence-electron chi connectivity index (χ3n) is 7.63. The van der Waals surface area contributed by atoms with Crippen molar-refractivity contribution in [3.8, 4) is 28.7 Å². The Morgan fingerprint density at radius 2 is 1.88 bits per heavy atom. The SMILES string of the molecule is Cn1cc(-c2cc3nccn3c(-c3cnn(C4(CC#N)CC=C(CC(F)(F)F)c5cc6ccccc6nc54)c3)n2)cn1. The predicted molar refractivity (Wildman–Crippen MR) is 149 cm³/mol. The van der Waals surface area contributed by atoms with Crippen molar-refractivity contribution >= 4 is 22.1 Å². The van der Waals surface area contributed by atoms with Crippen molar-refractivity contribution in [3.05, 3.63) is 90.9 Å². The molecule has 1 aromatic carbocycles. The van der Waals surface area contributed by atoms with Crippen LogP contribution in [0, 0.1) is 11.3 Å². The van der Waals surface area contributed by atoms with Crippen molar-refractivity contribution in [1.29, 1.82) is 5.26 Å². The molecule has 0 fully saturated rings. The average Bonchev–Trinajstić information content (AvgIpc) is 3.74. The number of benzene rings is 1. The molecule has 1 unspecified atom stereocenters. The monoisotopic (exact) mass is 565 g/mol. The first-order valence-electron chi connectivity index (χ1n) is 13.2. The summed E-state index contributed by atoms with van der Waals surface area (Å²) >= 11 is 0. The summed E-state index contributed by atoms with van der Waals surface area (Å²) in [6.07, 6.45) is 6.62. The average molecular weight is 566 g/mol. The molecule has 9 nitrogen and oxygen atoms in total. The highest BCUT2D eigenvalue weighted by Crippen LogP contribution is 2.45. The molecule has 1 aliphatic rings. The molecule has 0 saturated heterocycles. The zero-order valence-corrected chi connectivity index (χ0v) is 22.3. The van der Waals surface area contributed by atoms with Gasteiger partial charge in [-0.25, -0.2) is 15.0 Å². The van der Waals surface area contributed by atoms with Crippen LogP contribution in [0.1, 0.15) is 30.5 Å². The Kier molecular flexibility index (Phi) is 5.72. The third kappa shape index (κ3) is 4.21. The number of imidazole rings is 1. The van der Waals surface area contributed by atoms with E-state index in [1.807, 2.05) is 48.0 Å². The summed E-state index contributed by atoms with van der Waals surface area (Å²) in [4.78, 5) is 14.2. The first-order valence-corrected chi connectivity index (χ1v) is 13.2. The number of para-hydroxylation sites is 1. The zero-order chi connectivity index (χ0) is 29.1. The highest BCUT2D eigenvalue weighted by molar-refractivity contribution is 5.85. The van der Waals surface area contributed by atoms with Gasteiger partial charge in [0.25, 0.3) is 0 Å². The van der Waals surface area contributed by atoms with Crippen LogP contribution in [0.4, 0.5) is 13.2 Å². The lowest BCUT2D eigenvalue weighted by Crippen LogP contribution is -2.38.